The summed E-state index contributed by atoms with van der Waals surface area (Å²) in [4.78, 5) is 71.1. The molecule has 0 radical (unpaired) electrons. The van der Waals surface area contributed by atoms with Crippen LogP contribution in [-0.4, -0.2) is 96.7 Å². The Morgan fingerprint density at radius 1 is 0.386 bits per heavy atom. The lowest BCUT2D eigenvalue weighted by Gasteiger charge is -2.21. The van der Waals surface area contributed by atoms with Gasteiger partial charge in [-0.3, -0.25) is 37.3 Å². The number of phosphoric ester groups is 2. The first kappa shape index (κ1) is 68.1. The molecule has 0 aromatic carbocycles. The maximum atomic E-state index is 12.8. The molecule has 0 aliphatic carbocycles. The fraction of sp³-hybridized carbons (Fsp3) is 0.922. The average molecular weight is 1050 g/mol. The van der Waals surface area contributed by atoms with Crippen molar-refractivity contribution in [1.82, 2.24) is 0 Å². The lowest BCUT2D eigenvalue weighted by atomic mass is 10.0. The van der Waals surface area contributed by atoms with E-state index in [0.717, 1.165) is 116 Å². The number of hydrogen-bond acceptors (Lipinski definition) is 15. The van der Waals surface area contributed by atoms with Gasteiger partial charge in [-0.15, -0.1) is 0 Å². The Balaban J connectivity index is 5.17. The van der Waals surface area contributed by atoms with Gasteiger partial charge in [0.05, 0.1) is 26.4 Å². The minimum atomic E-state index is -4.92. The summed E-state index contributed by atoms with van der Waals surface area (Å²) in [6, 6.07) is 0. The van der Waals surface area contributed by atoms with E-state index in [-0.39, 0.29) is 25.7 Å². The van der Waals surface area contributed by atoms with Gasteiger partial charge in [0.15, 0.2) is 12.2 Å². The zero-order valence-electron chi connectivity index (χ0n) is 44.1. The summed E-state index contributed by atoms with van der Waals surface area (Å²) in [5, 5.41) is 10.4. The van der Waals surface area contributed by atoms with E-state index < -0.39 is 97.5 Å². The maximum Gasteiger partial charge on any atom is 0.472 e. The molecule has 414 valence electrons. The molecule has 70 heavy (non-hydrogen) atoms. The first-order valence-corrected chi connectivity index (χ1v) is 30.1. The second kappa shape index (κ2) is 45.7. The van der Waals surface area contributed by atoms with Crippen LogP contribution in [-0.2, 0) is 65.4 Å². The minimum Gasteiger partial charge on any atom is -0.462 e. The first-order valence-electron chi connectivity index (χ1n) is 27.1. The molecule has 0 aromatic heterocycles. The summed E-state index contributed by atoms with van der Waals surface area (Å²) in [7, 11) is -9.84. The third kappa shape index (κ3) is 45.9. The van der Waals surface area contributed by atoms with E-state index in [1.165, 1.54) is 38.5 Å². The van der Waals surface area contributed by atoms with Crippen LogP contribution < -0.4 is 0 Å². The van der Waals surface area contributed by atoms with Crippen molar-refractivity contribution >= 4 is 39.5 Å². The molecule has 17 nitrogen and oxygen atoms in total. The number of carbonyl (C=O) groups excluding carboxylic acids is 4. The van der Waals surface area contributed by atoms with Crippen LogP contribution in [0.5, 0.6) is 0 Å². The number of ether oxygens (including phenoxy) is 4. The molecule has 3 N–H and O–H groups in total. The van der Waals surface area contributed by atoms with Gasteiger partial charge in [0, 0.05) is 25.7 Å². The summed E-state index contributed by atoms with van der Waals surface area (Å²) in [5.74, 6) is -1.48. The largest absolute Gasteiger partial charge is 0.472 e. The highest BCUT2D eigenvalue weighted by Gasteiger charge is 2.30. The summed E-state index contributed by atoms with van der Waals surface area (Å²) in [6.07, 6.45) is 24.5. The summed E-state index contributed by atoms with van der Waals surface area (Å²) in [5.41, 5.74) is 0. The van der Waals surface area contributed by atoms with Gasteiger partial charge in [0.25, 0.3) is 0 Å². The van der Waals surface area contributed by atoms with E-state index in [1.54, 1.807) is 0 Å². The molecule has 0 aromatic rings. The number of unbranched alkanes of at least 4 members (excludes halogenated alkanes) is 23. The van der Waals surface area contributed by atoms with Gasteiger partial charge in [-0.1, -0.05) is 189 Å². The third-order valence-corrected chi connectivity index (χ3v) is 13.4. The zero-order valence-corrected chi connectivity index (χ0v) is 45.9. The van der Waals surface area contributed by atoms with Gasteiger partial charge in [0.1, 0.15) is 19.3 Å². The molecule has 0 rings (SSSR count). The lowest BCUT2D eigenvalue weighted by molar-refractivity contribution is -0.161. The predicted molar refractivity (Wildman–Crippen MR) is 271 cm³/mol. The third-order valence-electron chi connectivity index (χ3n) is 11.5. The molecule has 0 spiro atoms. The Morgan fingerprint density at radius 2 is 0.657 bits per heavy atom. The van der Waals surface area contributed by atoms with Crippen LogP contribution in [0.15, 0.2) is 0 Å². The standard InChI is InChI=1S/C51H98O17P2/c1-6-9-12-15-17-21-25-30-35-49(54)62-41-47(68-51(56)37-32-27-22-18-20-24-28-33-44(4)5)43-66-70(59,60)64-39-45(52)38-63-69(57,58)65-42-46(40-61-48(53)34-29-23-14-11-8-3)67-50(55)36-31-26-19-16-13-10-7-2/h44-47,52H,6-43H2,1-5H3,(H,57,58)(H,59,60)/t45-,46+,47+/m0/s1. The molecule has 0 amide bonds. The summed E-state index contributed by atoms with van der Waals surface area (Å²) < 4.78 is 67.0. The smallest absolute Gasteiger partial charge is 0.462 e. The molecular formula is C51H98O17P2. The first-order chi connectivity index (χ1) is 33.5. The van der Waals surface area contributed by atoms with E-state index in [4.69, 9.17) is 37.0 Å². The normalized spacial score (nSPS) is 14.6. The Bertz CT molecular complexity index is 1400. The number of phosphoric acid groups is 2. The van der Waals surface area contributed by atoms with Crippen molar-refractivity contribution in [2.45, 2.75) is 258 Å². The molecule has 0 fully saturated rings. The van der Waals surface area contributed by atoms with Crippen LogP contribution in [0.1, 0.15) is 240 Å². The molecular weight excluding hydrogens is 946 g/mol. The number of rotatable bonds is 51. The SMILES string of the molecule is CCCCCCCCCCC(=O)OC[C@H](COP(=O)(O)OC[C@@H](O)COP(=O)(O)OC[C@@H](COC(=O)CCCCCCC)OC(=O)CCCCCCCCC)OC(=O)CCCCCCCCCC(C)C. The summed E-state index contributed by atoms with van der Waals surface area (Å²) in [6.45, 7) is 6.86. The van der Waals surface area contributed by atoms with Gasteiger partial charge in [-0.2, -0.15) is 0 Å². The van der Waals surface area contributed by atoms with E-state index >= 15 is 0 Å². The number of carbonyl (C=O) groups is 4. The Kier molecular flexibility index (Phi) is 44.4. The molecule has 5 atom stereocenters. The van der Waals surface area contributed by atoms with Crippen molar-refractivity contribution < 1.29 is 80.2 Å². The zero-order chi connectivity index (χ0) is 52.1. The van der Waals surface area contributed by atoms with Gasteiger partial charge in [-0.05, 0) is 31.6 Å². The van der Waals surface area contributed by atoms with Crippen molar-refractivity contribution in [3.63, 3.8) is 0 Å². The van der Waals surface area contributed by atoms with Crippen LogP contribution in [0.2, 0.25) is 0 Å². The number of hydrogen-bond donors (Lipinski definition) is 3. The maximum absolute atomic E-state index is 12.8. The van der Waals surface area contributed by atoms with Gasteiger partial charge < -0.3 is 33.8 Å². The Labute approximate surface area is 422 Å². The summed E-state index contributed by atoms with van der Waals surface area (Å²) >= 11 is 0. The molecule has 0 aliphatic rings. The molecule has 0 saturated carbocycles. The monoisotopic (exact) mass is 1040 g/mol. The fourth-order valence-corrected chi connectivity index (χ4v) is 8.86. The van der Waals surface area contributed by atoms with Gasteiger partial charge in [0.2, 0.25) is 0 Å². The van der Waals surface area contributed by atoms with E-state index in [9.17, 15) is 43.2 Å². The number of aliphatic hydroxyl groups excluding tert-OH is 1. The van der Waals surface area contributed by atoms with Crippen LogP contribution >= 0.6 is 15.6 Å². The molecule has 0 bridgehead atoms. The Hall–Kier alpha value is -1.94. The second-order valence-corrected chi connectivity index (χ2v) is 21.9. The van der Waals surface area contributed by atoms with Crippen LogP contribution in [0.25, 0.3) is 0 Å². The van der Waals surface area contributed by atoms with Crippen molar-refractivity contribution in [1.29, 1.82) is 0 Å². The minimum absolute atomic E-state index is 0.102. The van der Waals surface area contributed by atoms with Gasteiger partial charge >= 0.3 is 39.5 Å². The highest BCUT2D eigenvalue weighted by atomic mass is 31.2. The topological polar surface area (TPSA) is 237 Å². The van der Waals surface area contributed by atoms with E-state index in [1.807, 2.05) is 0 Å². The van der Waals surface area contributed by atoms with Crippen molar-refractivity contribution in [3.8, 4) is 0 Å². The Morgan fingerprint density at radius 3 is 0.971 bits per heavy atom. The highest BCUT2D eigenvalue weighted by Crippen LogP contribution is 2.45. The quantitative estimate of drug-likeness (QED) is 0.0222. The second-order valence-electron chi connectivity index (χ2n) is 19.0. The highest BCUT2D eigenvalue weighted by molar-refractivity contribution is 7.47. The van der Waals surface area contributed by atoms with Crippen molar-refractivity contribution in [3.05, 3.63) is 0 Å². The van der Waals surface area contributed by atoms with Crippen molar-refractivity contribution in [2.24, 2.45) is 5.92 Å². The fourth-order valence-electron chi connectivity index (χ4n) is 7.28. The molecule has 2 unspecified atom stereocenters. The van der Waals surface area contributed by atoms with Gasteiger partial charge in [-0.25, -0.2) is 9.13 Å². The average Bonchev–Trinajstić information content (AvgIpc) is 3.31. The lowest BCUT2D eigenvalue weighted by Crippen LogP contribution is -2.30. The predicted octanol–water partition coefficient (Wildman–Crippen LogP) is 12.7. The molecule has 0 aliphatic heterocycles. The van der Waals surface area contributed by atoms with Crippen LogP contribution in [0.3, 0.4) is 0 Å². The van der Waals surface area contributed by atoms with E-state index in [0.29, 0.717) is 31.6 Å². The molecule has 19 heteroatoms. The van der Waals surface area contributed by atoms with Crippen molar-refractivity contribution in [2.75, 3.05) is 39.6 Å². The molecule has 0 heterocycles. The number of esters is 4. The van der Waals surface area contributed by atoms with Crippen LogP contribution in [0.4, 0.5) is 0 Å². The van der Waals surface area contributed by atoms with E-state index in [2.05, 4.69) is 34.6 Å². The molecule has 0 saturated heterocycles. The van der Waals surface area contributed by atoms with Crippen LogP contribution in [0, 0.1) is 5.92 Å². The number of aliphatic hydroxyl groups is 1.